The Balaban J connectivity index is 1.81. The van der Waals surface area contributed by atoms with Crippen LogP contribution in [0.15, 0.2) is 24.3 Å². The lowest BCUT2D eigenvalue weighted by molar-refractivity contribution is -0.123. The monoisotopic (exact) mass is 308 g/mol. The summed E-state index contributed by atoms with van der Waals surface area (Å²) in [6.07, 6.45) is 4.41. The Morgan fingerprint density at radius 2 is 2.23 bits per heavy atom. The quantitative estimate of drug-likeness (QED) is 0.840. The second kappa shape index (κ2) is 8.86. The van der Waals surface area contributed by atoms with Crippen LogP contribution in [0.25, 0.3) is 0 Å². The van der Waals surface area contributed by atoms with E-state index in [2.05, 4.69) is 10.2 Å². The second-order valence-electron chi connectivity index (χ2n) is 5.77. The molecule has 2 rings (SSSR count). The Hall–Kier alpha value is -1.46. The molecule has 0 aliphatic carbocycles. The zero-order chi connectivity index (χ0) is 15.8. The molecule has 0 spiro atoms. The Labute approximate surface area is 131 Å². The van der Waals surface area contributed by atoms with Crippen LogP contribution >= 0.6 is 0 Å². The standard InChI is InChI=1S/C17H25FN2O2/c1-22-11-9-15-7-4-5-10-20(15)13-17(21)19-12-14-6-2-3-8-16(14)18/h2-3,6,8,15H,4-5,7,9-13H2,1H3,(H,19,21). The van der Waals surface area contributed by atoms with Crippen molar-refractivity contribution in [1.82, 2.24) is 10.2 Å². The third-order valence-electron chi connectivity index (χ3n) is 4.18. The van der Waals surface area contributed by atoms with Gasteiger partial charge in [-0.25, -0.2) is 4.39 Å². The average molecular weight is 308 g/mol. The number of benzene rings is 1. The molecule has 1 aromatic carbocycles. The lowest BCUT2D eigenvalue weighted by atomic mass is 9.99. The first-order valence-corrected chi connectivity index (χ1v) is 7.94. The molecule has 1 aliphatic rings. The summed E-state index contributed by atoms with van der Waals surface area (Å²) in [6.45, 7) is 2.28. The first-order chi connectivity index (χ1) is 10.7. The zero-order valence-corrected chi connectivity index (χ0v) is 13.2. The van der Waals surface area contributed by atoms with E-state index in [-0.39, 0.29) is 18.3 Å². The van der Waals surface area contributed by atoms with Gasteiger partial charge in [0, 0.05) is 31.9 Å². The number of hydrogen-bond acceptors (Lipinski definition) is 3. The highest BCUT2D eigenvalue weighted by Crippen LogP contribution is 2.19. The number of halogens is 1. The molecule has 1 amide bonds. The Morgan fingerprint density at radius 1 is 1.41 bits per heavy atom. The highest BCUT2D eigenvalue weighted by Gasteiger charge is 2.23. The number of likely N-dealkylation sites (tertiary alicyclic amines) is 1. The molecule has 1 saturated heterocycles. The third-order valence-corrected chi connectivity index (χ3v) is 4.18. The Morgan fingerprint density at radius 3 is 3.00 bits per heavy atom. The van der Waals surface area contributed by atoms with Crippen LogP contribution in [0.2, 0.25) is 0 Å². The molecular formula is C17H25FN2O2. The molecule has 5 heteroatoms. The van der Waals surface area contributed by atoms with Gasteiger partial charge in [-0.1, -0.05) is 24.6 Å². The van der Waals surface area contributed by atoms with Crippen molar-refractivity contribution in [2.75, 3.05) is 26.8 Å². The maximum Gasteiger partial charge on any atom is 0.234 e. The maximum absolute atomic E-state index is 13.5. The molecule has 1 unspecified atom stereocenters. The van der Waals surface area contributed by atoms with Gasteiger partial charge < -0.3 is 10.1 Å². The minimum Gasteiger partial charge on any atom is -0.385 e. The number of methoxy groups -OCH3 is 1. The smallest absolute Gasteiger partial charge is 0.234 e. The van der Waals surface area contributed by atoms with Crippen LogP contribution in [-0.2, 0) is 16.1 Å². The van der Waals surface area contributed by atoms with E-state index in [1.54, 1.807) is 25.3 Å². The van der Waals surface area contributed by atoms with E-state index >= 15 is 0 Å². The number of rotatable bonds is 7. The molecule has 0 saturated carbocycles. The zero-order valence-electron chi connectivity index (χ0n) is 13.2. The van der Waals surface area contributed by atoms with Gasteiger partial charge in [0.25, 0.3) is 0 Å². The number of hydrogen-bond donors (Lipinski definition) is 1. The van der Waals surface area contributed by atoms with Crippen molar-refractivity contribution in [2.24, 2.45) is 0 Å². The predicted molar refractivity (Wildman–Crippen MR) is 84.0 cm³/mol. The molecule has 0 radical (unpaired) electrons. The van der Waals surface area contributed by atoms with Crippen LogP contribution in [-0.4, -0.2) is 43.7 Å². The van der Waals surface area contributed by atoms with Gasteiger partial charge in [0.05, 0.1) is 6.54 Å². The van der Waals surface area contributed by atoms with Crippen molar-refractivity contribution in [3.63, 3.8) is 0 Å². The Kier molecular flexibility index (Phi) is 6.80. The van der Waals surface area contributed by atoms with Crippen molar-refractivity contribution >= 4 is 5.91 Å². The summed E-state index contributed by atoms with van der Waals surface area (Å²) in [7, 11) is 1.70. The fraction of sp³-hybridized carbons (Fsp3) is 0.588. The van der Waals surface area contributed by atoms with E-state index in [4.69, 9.17) is 4.74 Å². The van der Waals surface area contributed by atoms with Gasteiger partial charge in [0.2, 0.25) is 5.91 Å². The summed E-state index contributed by atoms with van der Waals surface area (Å²) < 4.78 is 18.7. The molecule has 1 aliphatic heterocycles. The summed E-state index contributed by atoms with van der Waals surface area (Å²) in [5, 5.41) is 2.81. The minimum absolute atomic E-state index is 0.0485. The number of nitrogens with zero attached hydrogens (tertiary/aromatic N) is 1. The van der Waals surface area contributed by atoms with Crippen LogP contribution in [0, 0.1) is 5.82 Å². The van der Waals surface area contributed by atoms with Gasteiger partial charge in [-0.3, -0.25) is 9.69 Å². The first-order valence-electron chi connectivity index (χ1n) is 7.94. The van der Waals surface area contributed by atoms with E-state index in [0.717, 1.165) is 32.4 Å². The van der Waals surface area contributed by atoms with Crippen molar-refractivity contribution in [3.8, 4) is 0 Å². The predicted octanol–water partition coefficient (Wildman–Crippen LogP) is 2.33. The molecule has 0 bridgehead atoms. The fourth-order valence-electron chi connectivity index (χ4n) is 2.92. The number of piperidine rings is 1. The lowest BCUT2D eigenvalue weighted by Crippen LogP contribution is -2.45. The number of nitrogens with one attached hydrogen (secondary N) is 1. The van der Waals surface area contributed by atoms with Crippen LogP contribution in [0.3, 0.4) is 0 Å². The minimum atomic E-state index is -0.279. The van der Waals surface area contributed by atoms with Crippen LogP contribution in [0.5, 0.6) is 0 Å². The highest BCUT2D eigenvalue weighted by atomic mass is 19.1. The number of amides is 1. The largest absolute Gasteiger partial charge is 0.385 e. The number of ether oxygens (including phenoxy) is 1. The molecule has 1 atom stereocenters. The van der Waals surface area contributed by atoms with Crippen LogP contribution < -0.4 is 5.32 Å². The van der Waals surface area contributed by atoms with Crippen LogP contribution in [0.4, 0.5) is 4.39 Å². The van der Waals surface area contributed by atoms with E-state index in [1.165, 1.54) is 12.5 Å². The van der Waals surface area contributed by atoms with Crippen molar-refractivity contribution in [1.29, 1.82) is 0 Å². The van der Waals surface area contributed by atoms with Gasteiger partial charge in [0.15, 0.2) is 0 Å². The van der Waals surface area contributed by atoms with E-state index in [0.29, 0.717) is 18.2 Å². The molecule has 122 valence electrons. The summed E-state index contributed by atoms with van der Waals surface area (Å²) in [6, 6.07) is 6.93. The molecular weight excluding hydrogens is 283 g/mol. The SMILES string of the molecule is COCCC1CCCCN1CC(=O)NCc1ccccc1F. The van der Waals surface area contributed by atoms with Crippen LogP contribution in [0.1, 0.15) is 31.2 Å². The topological polar surface area (TPSA) is 41.6 Å². The third kappa shape index (κ3) is 5.07. The molecule has 4 nitrogen and oxygen atoms in total. The summed E-state index contributed by atoms with van der Waals surface area (Å²) >= 11 is 0. The van der Waals surface area contributed by atoms with Gasteiger partial charge in [0.1, 0.15) is 5.82 Å². The van der Waals surface area contributed by atoms with Gasteiger partial charge >= 0.3 is 0 Å². The molecule has 1 fully saturated rings. The fourth-order valence-corrected chi connectivity index (χ4v) is 2.92. The number of carbonyl (C=O) groups is 1. The van der Waals surface area contributed by atoms with E-state index in [9.17, 15) is 9.18 Å². The molecule has 1 aromatic rings. The molecule has 0 aromatic heterocycles. The van der Waals surface area contributed by atoms with Gasteiger partial charge in [-0.15, -0.1) is 0 Å². The molecule has 1 N–H and O–H groups in total. The van der Waals surface area contributed by atoms with Gasteiger partial charge in [-0.2, -0.15) is 0 Å². The van der Waals surface area contributed by atoms with Crippen molar-refractivity contribution in [2.45, 2.75) is 38.3 Å². The second-order valence-corrected chi connectivity index (χ2v) is 5.77. The summed E-state index contributed by atoms with van der Waals surface area (Å²) in [5.41, 5.74) is 0.519. The maximum atomic E-state index is 13.5. The Bertz CT molecular complexity index is 481. The summed E-state index contributed by atoms with van der Waals surface area (Å²) in [4.78, 5) is 14.3. The average Bonchev–Trinajstić information content (AvgIpc) is 2.53. The molecule has 22 heavy (non-hydrogen) atoms. The summed E-state index contributed by atoms with van der Waals surface area (Å²) in [5.74, 6) is -0.327. The highest BCUT2D eigenvalue weighted by molar-refractivity contribution is 5.78. The number of carbonyl (C=O) groups excluding carboxylic acids is 1. The van der Waals surface area contributed by atoms with Gasteiger partial charge in [-0.05, 0) is 31.9 Å². The van der Waals surface area contributed by atoms with E-state index < -0.39 is 0 Å². The van der Waals surface area contributed by atoms with Crippen molar-refractivity contribution in [3.05, 3.63) is 35.6 Å². The lowest BCUT2D eigenvalue weighted by Gasteiger charge is -2.35. The van der Waals surface area contributed by atoms with Crippen molar-refractivity contribution < 1.29 is 13.9 Å². The molecule has 1 heterocycles. The first kappa shape index (κ1) is 16.9. The normalized spacial score (nSPS) is 19.1. The van der Waals surface area contributed by atoms with E-state index in [1.807, 2.05) is 0 Å².